The maximum atomic E-state index is 13.3. The molecule has 2 N–H and O–H groups in total. The lowest BCUT2D eigenvalue weighted by molar-refractivity contribution is -0.119. The van der Waals surface area contributed by atoms with Crippen molar-refractivity contribution in [3.63, 3.8) is 0 Å². The predicted octanol–water partition coefficient (Wildman–Crippen LogP) is 4.67. The minimum absolute atomic E-state index is 0.149. The summed E-state index contributed by atoms with van der Waals surface area (Å²) in [6, 6.07) is 19.4. The molecule has 29 heavy (non-hydrogen) atoms. The lowest BCUT2D eigenvalue weighted by atomic mass is 10.1. The van der Waals surface area contributed by atoms with Crippen LogP contribution in [0.5, 0.6) is 0 Å². The average Bonchev–Trinajstić information content (AvgIpc) is 3.44. The highest BCUT2D eigenvalue weighted by Crippen LogP contribution is 2.27. The number of H-pyrrole nitrogens is 1. The fourth-order valence-electron chi connectivity index (χ4n) is 2.80. The van der Waals surface area contributed by atoms with Gasteiger partial charge in [0.2, 0.25) is 11.1 Å². The summed E-state index contributed by atoms with van der Waals surface area (Å²) in [5.74, 6) is 0.384. The molecule has 0 aliphatic carbocycles. The Kier molecular flexibility index (Phi) is 6.02. The molecule has 8 heteroatoms. The summed E-state index contributed by atoms with van der Waals surface area (Å²) >= 11 is 2.80. The zero-order valence-corrected chi connectivity index (χ0v) is 16.8. The molecule has 1 atom stereocenters. The Balaban J connectivity index is 1.41. The normalized spacial score (nSPS) is 11.9. The average molecular weight is 425 g/mol. The number of thioether (sulfide) groups is 1. The van der Waals surface area contributed by atoms with Gasteiger partial charge in [-0.1, -0.05) is 60.3 Å². The molecule has 0 aliphatic rings. The van der Waals surface area contributed by atoms with E-state index in [0.29, 0.717) is 11.0 Å². The van der Waals surface area contributed by atoms with Gasteiger partial charge in [-0.05, 0) is 29.1 Å². The van der Waals surface area contributed by atoms with Crippen molar-refractivity contribution in [1.29, 1.82) is 0 Å². The molecule has 0 fully saturated rings. The second-order valence-corrected chi connectivity index (χ2v) is 8.11. The van der Waals surface area contributed by atoms with Gasteiger partial charge < -0.3 is 5.32 Å². The van der Waals surface area contributed by atoms with Gasteiger partial charge >= 0.3 is 0 Å². The summed E-state index contributed by atoms with van der Waals surface area (Å²) in [6.07, 6.45) is 0. The first kappa shape index (κ1) is 19.4. The second kappa shape index (κ2) is 9.02. The van der Waals surface area contributed by atoms with Crippen molar-refractivity contribution < 1.29 is 9.18 Å². The molecule has 1 unspecified atom stereocenters. The van der Waals surface area contributed by atoms with E-state index in [2.05, 4.69) is 20.5 Å². The molecule has 2 aromatic heterocycles. The molecule has 1 amide bonds. The van der Waals surface area contributed by atoms with E-state index in [1.54, 1.807) is 23.5 Å². The van der Waals surface area contributed by atoms with E-state index in [0.717, 1.165) is 16.0 Å². The van der Waals surface area contributed by atoms with E-state index in [-0.39, 0.29) is 23.5 Å². The summed E-state index contributed by atoms with van der Waals surface area (Å²) in [5.41, 5.74) is 1.77. The SMILES string of the molecule is O=C(CSc1n[nH]c(-c2ccccc2)n1)NC(c1ccc(F)cc1)c1cccs1. The van der Waals surface area contributed by atoms with Crippen LogP contribution >= 0.6 is 23.1 Å². The smallest absolute Gasteiger partial charge is 0.231 e. The van der Waals surface area contributed by atoms with Crippen LogP contribution in [0.4, 0.5) is 4.39 Å². The fraction of sp³-hybridized carbons (Fsp3) is 0.0952. The van der Waals surface area contributed by atoms with E-state index < -0.39 is 0 Å². The number of halogens is 1. The van der Waals surface area contributed by atoms with Crippen LogP contribution in [-0.4, -0.2) is 26.8 Å². The number of aromatic nitrogens is 3. The van der Waals surface area contributed by atoms with Gasteiger partial charge in [0.15, 0.2) is 5.82 Å². The van der Waals surface area contributed by atoms with Crippen molar-refractivity contribution in [2.75, 3.05) is 5.75 Å². The van der Waals surface area contributed by atoms with Gasteiger partial charge in [-0.3, -0.25) is 9.89 Å². The summed E-state index contributed by atoms with van der Waals surface area (Å²) in [6.45, 7) is 0. The molecular weight excluding hydrogens is 407 g/mol. The van der Waals surface area contributed by atoms with Crippen molar-refractivity contribution in [2.24, 2.45) is 0 Å². The monoisotopic (exact) mass is 424 g/mol. The molecule has 2 aromatic carbocycles. The first-order valence-electron chi connectivity index (χ1n) is 8.88. The van der Waals surface area contributed by atoms with Crippen LogP contribution in [0, 0.1) is 5.82 Å². The third-order valence-electron chi connectivity index (χ3n) is 4.18. The number of aromatic amines is 1. The van der Waals surface area contributed by atoms with E-state index in [4.69, 9.17) is 0 Å². The maximum Gasteiger partial charge on any atom is 0.231 e. The first-order chi connectivity index (χ1) is 14.2. The Hall–Kier alpha value is -2.97. The number of rotatable bonds is 7. The molecule has 4 rings (SSSR count). The first-order valence-corrected chi connectivity index (χ1v) is 10.7. The van der Waals surface area contributed by atoms with E-state index >= 15 is 0 Å². The summed E-state index contributed by atoms with van der Waals surface area (Å²) in [5, 5.41) is 12.5. The van der Waals surface area contributed by atoms with Crippen molar-refractivity contribution >= 4 is 29.0 Å². The van der Waals surface area contributed by atoms with Crippen LogP contribution < -0.4 is 5.32 Å². The fourth-order valence-corrected chi connectivity index (χ4v) is 4.21. The van der Waals surface area contributed by atoms with Crippen molar-refractivity contribution in [1.82, 2.24) is 20.5 Å². The Morgan fingerprint density at radius 1 is 1.10 bits per heavy atom. The molecule has 0 radical (unpaired) electrons. The van der Waals surface area contributed by atoms with Gasteiger partial charge in [0.25, 0.3) is 0 Å². The zero-order chi connectivity index (χ0) is 20.1. The minimum atomic E-state index is -0.323. The molecule has 0 spiro atoms. The van der Waals surface area contributed by atoms with Gasteiger partial charge in [-0.25, -0.2) is 9.37 Å². The van der Waals surface area contributed by atoms with Gasteiger partial charge in [0.1, 0.15) is 5.82 Å². The number of hydrogen-bond donors (Lipinski definition) is 2. The summed E-state index contributed by atoms with van der Waals surface area (Å²) in [7, 11) is 0. The topological polar surface area (TPSA) is 70.7 Å². The second-order valence-electron chi connectivity index (χ2n) is 6.19. The highest BCUT2D eigenvalue weighted by molar-refractivity contribution is 7.99. The number of thiophene rings is 1. The van der Waals surface area contributed by atoms with Crippen molar-refractivity contribution in [3.8, 4) is 11.4 Å². The zero-order valence-electron chi connectivity index (χ0n) is 15.2. The van der Waals surface area contributed by atoms with Gasteiger partial charge in [-0.15, -0.1) is 16.4 Å². The number of nitrogens with zero attached hydrogens (tertiary/aromatic N) is 2. The Morgan fingerprint density at radius 3 is 2.62 bits per heavy atom. The minimum Gasteiger partial charge on any atom is -0.344 e. The number of carbonyl (C=O) groups is 1. The number of carbonyl (C=O) groups excluding carboxylic acids is 1. The molecule has 0 saturated carbocycles. The molecule has 2 heterocycles. The molecule has 0 saturated heterocycles. The van der Waals surface area contributed by atoms with E-state index in [9.17, 15) is 9.18 Å². The van der Waals surface area contributed by atoms with E-state index in [1.807, 2.05) is 47.8 Å². The van der Waals surface area contributed by atoms with Gasteiger partial charge in [0.05, 0.1) is 11.8 Å². The van der Waals surface area contributed by atoms with Crippen LogP contribution in [0.3, 0.4) is 0 Å². The van der Waals surface area contributed by atoms with Crippen molar-refractivity contribution in [2.45, 2.75) is 11.2 Å². The standard InChI is InChI=1S/C21H17FN4OS2/c22-16-10-8-14(9-11-16)19(17-7-4-12-28-17)23-18(27)13-29-21-24-20(25-26-21)15-5-2-1-3-6-15/h1-12,19H,13H2,(H,23,27)(H,24,25,26). The number of hydrogen-bond acceptors (Lipinski definition) is 5. The van der Waals surface area contributed by atoms with Crippen LogP contribution in [-0.2, 0) is 4.79 Å². The lowest BCUT2D eigenvalue weighted by Crippen LogP contribution is -2.30. The Morgan fingerprint density at radius 2 is 1.90 bits per heavy atom. The molecule has 0 bridgehead atoms. The van der Waals surface area contributed by atoms with Crippen LogP contribution in [0.25, 0.3) is 11.4 Å². The maximum absolute atomic E-state index is 13.3. The number of nitrogens with one attached hydrogen (secondary N) is 2. The molecule has 146 valence electrons. The number of benzene rings is 2. The molecular formula is C21H17FN4OS2. The Labute approximate surface area is 175 Å². The van der Waals surface area contributed by atoms with Crippen molar-refractivity contribution in [3.05, 3.63) is 88.4 Å². The largest absolute Gasteiger partial charge is 0.344 e. The van der Waals surface area contributed by atoms with Gasteiger partial charge in [-0.2, -0.15) is 0 Å². The predicted molar refractivity (Wildman–Crippen MR) is 113 cm³/mol. The quantitative estimate of drug-likeness (QED) is 0.423. The molecule has 5 nitrogen and oxygen atoms in total. The van der Waals surface area contributed by atoms with E-state index in [1.165, 1.54) is 23.9 Å². The van der Waals surface area contributed by atoms with Crippen LogP contribution in [0.2, 0.25) is 0 Å². The molecule has 0 aliphatic heterocycles. The highest BCUT2D eigenvalue weighted by Gasteiger charge is 2.18. The summed E-state index contributed by atoms with van der Waals surface area (Å²) in [4.78, 5) is 18.0. The van der Waals surface area contributed by atoms with Crippen LogP contribution in [0.15, 0.2) is 77.3 Å². The highest BCUT2D eigenvalue weighted by atomic mass is 32.2. The molecule has 4 aromatic rings. The van der Waals surface area contributed by atoms with Crippen LogP contribution in [0.1, 0.15) is 16.5 Å². The number of amides is 1. The lowest BCUT2D eigenvalue weighted by Gasteiger charge is -2.18. The Bertz CT molecular complexity index is 1070. The van der Waals surface area contributed by atoms with Gasteiger partial charge in [0, 0.05) is 10.4 Å². The summed E-state index contributed by atoms with van der Waals surface area (Å²) < 4.78 is 13.3. The third kappa shape index (κ3) is 4.90. The third-order valence-corrected chi connectivity index (χ3v) is 5.97.